The molecule has 0 unspecified atom stereocenters. The molecule has 1 aliphatic rings. The summed E-state index contributed by atoms with van der Waals surface area (Å²) in [7, 11) is 0. The van der Waals surface area contributed by atoms with Gasteiger partial charge < -0.3 is 10.4 Å². The molecule has 0 aliphatic heterocycles. The van der Waals surface area contributed by atoms with Crippen LogP contribution in [0.25, 0.3) is 0 Å². The van der Waals surface area contributed by atoms with E-state index >= 15 is 0 Å². The van der Waals surface area contributed by atoms with E-state index in [1.165, 1.54) is 6.07 Å². The first-order valence-corrected chi connectivity index (χ1v) is 6.36. The number of aryl methyl sites for hydroxylation is 1. The summed E-state index contributed by atoms with van der Waals surface area (Å²) < 4.78 is 0. The lowest BCUT2D eigenvalue weighted by atomic mass is 10.1. The van der Waals surface area contributed by atoms with Crippen molar-refractivity contribution in [1.82, 2.24) is 5.32 Å². The summed E-state index contributed by atoms with van der Waals surface area (Å²) in [4.78, 5) is 22.4. The fourth-order valence-corrected chi connectivity index (χ4v) is 2.22. The monoisotopic (exact) mass is 276 g/mol. The molecule has 1 aromatic rings. The minimum Gasteiger partial charge on any atom is -0.396 e. The van der Waals surface area contributed by atoms with E-state index in [0.29, 0.717) is 12.0 Å². The van der Waals surface area contributed by atoms with Crippen molar-refractivity contribution < 1.29 is 14.8 Å². The van der Waals surface area contributed by atoms with E-state index in [0.717, 1.165) is 0 Å². The lowest BCUT2D eigenvalue weighted by Crippen LogP contribution is -2.32. The van der Waals surface area contributed by atoms with Gasteiger partial charge in [-0.15, -0.1) is 0 Å². The number of rotatable bonds is 4. The van der Waals surface area contributed by atoms with Crippen LogP contribution in [-0.2, 0) is 0 Å². The molecule has 6 nitrogen and oxygen atoms in total. The van der Waals surface area contributed by atoms with E-state index in [1.54, 1.807) is 19.1 Å². The molecule has 6 heteroatoms. The average molecular weight is 276 g/mol. The highest BCUT2D eigenvalue weighted by Crippen LogP contribution is 2.21. The normalized spacial score (nSPS) is 20.9. The van der Waals surface area contributed by atoms with Gasteiger partial charge in [-0.2, -0.15) is 0 Å². The molecular weight excluding hydrogens is 260 g/mol. The molecule has 0 heterocycles. The molecule has 2 N–H and O–H groups in total. The Morgan fingerprint density at radius 3 is 2.85 bits per heavy atom. The van der Waals surface area contributed by atoms with Crippen LogP contribution in [0.5, 0.6) is 0 Å². The highest BCUT2D eigenvalue weighted by atomic mass is 16.6. The van der Waals surface area contributed by atoms with Gasteiger partial charge in [0.25, 0.3) is 11.6 Å². The number of nitro groups is 1. The number of nitrogens with zero attached hydrogens (tertiary/aromatic N) is 1. The standard InChI is InChI=1S/C14H16N2O4/c1-9-2-4-11(7-13(9)16(19)20)14(18)15-12-5-3-10(6-12)8-17/h2-5,7,10,12,17H,6,8H2,1H3,(H,15,18)/t10-,12+/m0/s1. The fourth-order valence-electron chi connectivity index (χ4n) is 2.22. The van der Waals surface area contributed by atoms with Crippen molar-refractivity contribution in [3.05, 3.63) is 51.6 Å². The molecule has 0 aromatic heterocycles. The molecule has 2 atom stereocenters. The molecule has 2 rings (SSSR count). The first kappa shape index (κ1) is 14.2. The number of carbonyl (C=O) groups excluding carboxylic acids is 1. The maximum Gasteiger partial charge on any atom is 0.273 e. The van der Waals surface area contributed by atoms with Crippen molar-refractivity contribution in [1.29, 1.82) is 0 Å². The van der Waals surface area contributed by atoms with Gasteiger partial charge in [0, 0.05) is 35.8 Å². The van der Waals surface area contributed by atoms with Crippen LogP contribution < -0.4 is 5.32 Å². The first-order chi connectivity index (χ1) is 9.51. The second-order valence-corrected chi connectivity index (χ2v) is 4.90. The maximum absolute atomic E-state index is 12.1. The Bertz CT molecular complexity index is 568. The van der Waals surface area contributed by atoms with E-state index in [2.05, 4.69) is 5.32 Å². The Balaban J connectivity index is 2.08. The highest BCUT2D eigenvalue weighted by Gasteiger charge is 2.21. The highest BCUT2D eigenvalue weighted by molar-refractivity contribution is 5.95. The number of amides is 1. The summed E-state index contributed by atoms with van der Waals surface area (Å²) in [6.45, 7) is 1.68. The molecular formula is C14H16N2O4. The van der Waals surface area contributed by atoms with E-state index < -0.39 is 4.92 Å². The summed E-state index contributed by atoms with van der Waals surface area (Å²) in [5.74, 6) is -0.283. The van der Waals surface area contributed by atoms with Gasteiger partial charge in [0.15, 0.2) is 0 Å². The largest absolute Gasteiger partial charge is 0.396 e. The molecule has 20 heavy (non-hydrogen) atoms. The minimum atomic E-state index is -0.497. The molecule has 0 saturated heterocycles. The Morgan fingerprint density at radius 1 is 1.50 bits per heavy atom. The van der Waals surface area contributed by atoms with Crippen LogP contribution in [0.2, 0.25) is 0 Å². The zero-order valence-corrected chi connectivity index (χ0v) is 11.1. The molecule has 0 fully saturated rings. The Labute approximate surface area is 116 Å². The van der Waals surface area contributed by atoms with Crippen molar-refractivity contribution in [2.24, 2.45) is 5.92 Å². The summed E-state index contributed by atoms with van der Waals surface area (Å²) in [5.41, 5.74) is 0.726. The number of carbonyl (C=O) groups is 1. The fraction of sp³-hybridized carbons (Fsp3) is 0.357. The van der Waals surface area contributed by atoms with Crippen LogP contribution >= 0.6 is 0 Å². The molecule has 1 amide bonds. The van der Waals surface area contributed by atoms with Crippen molar-refractivity contribution in [2.75, 3.05) is 6.61 Å². The van der Waals surface area contributed by atoms with Crippen molar-refractivity contribution in [3.63, 3.8) is 0 Å². The number of nitro benzene ring substituents is 1. The van der Waals surface area contributed by atoms with Crippen LogP contribution in [0.1, 0.15) is 22.3 Å². The summed E-state index contributed by atoms with van der Waals surface area (Å²) >= 11 is 0. The molecule has 1 aromatic carbocycles. The minimum absolute atomic E-state index is 0.0544. The first-order valence-electron chi connectivity index (χ1n) is 6.36. The quantitative estimate of drug-likeness (QED) is 0.496. The van der Waals surface area contributed by atoms with Gasteiger partial charge in [-0.05, 0) is 19.4 Å². The van der Waals surface area contributed by atoms with Gasteiger partial charge in [0.2, 0.25) is 0 Å². The molecule has 0 bridgehead atoms. The van der Waals surface area contributed by atoms with Crippen LogP contribution in [0, 0.1) is 23.0 Å². The van der Waals surface area contributed by atoms with Crippen LogP contribution in [-0.4, -0.2) is 28.6 Å². The zero-order valence-electron chi connectivity index (χ0n) is 11.1. The third kappa shape index (κ3) is 3.03. The van der Waals surface area contributed by atoms with E-state index in [-0.39, 0.29) is 35.7 Å². The van der Waals surface area contributed by atoms with Crippen molar-refractivity contribution in [2.45, 2.75) is 19.4 Å². The number of aliphatic hydroxyl groups is 1. The van der Waals surface area contributed by atoms with Gasteiger partial charge in [-0.25, -0.2) is 0 Å². The lowest BCUT2D eigenvalue weighted by molar-refractivity contribution is -0.385. The molecule has 0 saturated carbocycles. The average Bonchev–Trinajstić information content (AvgIpc) is 2.86. The van der Waals surface area contributed by atoms with E-state index in [1.807, 2.05) is 12.2 Å². The summed E-state index contributed by atoms with van der Waals surface area (Å²) in [6, 6.07) is 4.28. The third-order valence-corrected chi connectivity index (χ3v) is 3.39. The van der Waals surface area contributed by atoms with Crippen LogP contribution in [0.3, 0.4) is 0 Å². The lowest BCUT2D eigenvalue weighted by Gasteiger charge is -2.12. The van der Waals surface area contributed by atoms with Crippen LogP contribution in [0.4, 0.5) is 5.69 Å². The smallest absolute Gasteiger partial charge is 0.273 e. The van der Waals surface area contributed by atoms with Gasteiger partial charge >= 0.3 is 0 Å². The summed E-state index contributed by atoms with van der Waals surface area (Å²) in [5, 5.41) is 22.7. The maximum atomic E-state index is 12.1. The van der Waals surface area contributed by atoms with Crippen LogP contribution in [0.15, 0.2) is 30.4 Å². The van der Waals surface area contributed by atoms with Gasteiger partial charge in [0.05, 0.1) is 4.92 Å². The number of benzene rings is 1. The zero-order chi connectivity index (χ0) is 14.7. The molecule has 0 spiro atoms. The second kappa shape index (κ2) is 5.83. The Kier molecular flexibility index (Phi) is 4.14. The predicted molar refractivity (Wildman–Crippen MR) is 73.4 cm³/mol. The number of hydrogen-bond donors (Lipinski definition) is 2. The Morgan fingerprint density at radius 2 is 2.25 bits per heavy atom. The number of aliphatic hydroxyl groups excluding tert-OH is 1. The Hall–Kier alpha value is -2.21. The van der Waals surface area contributed by atoms with Crippen molar-refractivity contribution >= 4 is 11.6 Å². The topological polar surface area (TPSA) is 92.5 Å². The molecule has 106 valence electrons. The van der Waals surface area contributed by atoms with Gasteiger partial charge in [-0.3, -0.25) is 14.9 Å². The third-order valence-electron chi connectivity index (χ3n) is 3.39. The van der Waals surface area contributed by atoms with Gasteiger partial charge in [0.1, 0.15) is 0 Å². The van der Waals surface area contributed by atoms with E-state index in [4.69, 9.17) is 5.11 Å². The molecule has 0 radical (unpaired) electrons. The SMILES string of the molecule is Cc1ccc(C(=O)N[C@@H]2C=C[C@H](CO)C2)cc1[N+](=O)[O-]. The van der Waals surface area contributed by atoms with Crippen molar-refractivity contribution in [3.8, 4) is 0 Å². The molecule has 1 aliphatic carbocycles. The predicted octanol–water partition coefficient (Wildman–Crippen LogP) is 1.57. The number of nitrogens with one attached hydrogen (secondary N) is 1. The van der Waals surface area contributed by atoms with Gasteiger partial charge in [-0.1, -0.05) is 18.2 Å². The number of hydrogen-bond acceptors (Lipinski definition) is 4. The van der Waals surface area contributed by atoms with E-state index in [9.17, 15) is 14.9 Å². The second-order valence-electron chi connectivity index (χ2n) is 4.90. The summed E-state index contributed by atoms with van der Waals surface area (Å²) in [6.07, 6.45) is 4.35.